The van der Waals surface area contributed by atoms with E-state index in [9.17, 15) is 4.79 Å². The molecule has 1 aliphatic heterocycles. The minimum absolute atomic E-state index is 0.261. The van der Waals surface area contributed by atoms with E-state index in [2.05, 4.69) is 23.0 Å². The quantitative estimate of drug-likeness (QED) is 0.785. The first kappa shape index (κ1) is 10.7. The largest absolute Gasteiger partial charge is 0.398 e. The number of hydrogen-bond acceptors (Lipinski definition) is 3. The molecule has 0 saturated heterocycles. The van der Waals surface area contributed by atoms with E-state index in [4.69, 9.17) is 5.73 Å². The number of benzene rings is 2. The van der Waals surface area contributed by atoms with Crippen LogP contribution < -0.4 is 16.6 Å². The summed E-state index contributed by atoms with van der Waals surface area (Å²) in [5, 5.41) is 0. The zero-order valence-corrected chi connectivity index (χ0v) is 9.68. The highest BCUT2D eigenvalue weighted by molar-refractivity contribution is 6.04. The zero-order chi connectivity index (χ0) is 12.5. The molecule has 89 valence electrons. The van der Waals surface area contributed by atoms with Gasteiger partial charge in [-0.2, -0.15) is 0 Å². The lowest BCUT2D eigenvalue weighted by Gasteiger charge is -2.08. The fourth-order valence-electron chi connectivity index (χ4n) is 2.07. The number of nitrogens with one attached hydrogen (secondary N) is 1. The number of rotatable bonds is 2. The maximum Gasteiger partial charge on any atom is 0.295 e. The fourth-order valence-corrected chi connectivity index (χ4v) is 2.07. The molecule has 18 heavy (non-hydrogen) atoms. The van der Waals surface area contributed by atoms with Crippen LogP contribution in [0.1, 0.15) is 21.5 Å². The number of hydrogen-bond donors (Lipinski definition) is 2. The number of carbonyl (C=O) groups excluding carboxylic acids is 1. The number of anilines is 2. The lowest BCUT2D eigenvalue weighted by molar-refractivity contribution is 0.0969. The molecule has 1 radical (unpaired) electrons. The summed E-state index contributed by atoms with van der Waals surface area (Å²) >= 11 is 0. The molecule has 1 heterocycles. The Kier molecular flexibility index (Phi) is 2.41. The van der Waals surface area contributed by atoms with Crippen molar-refractivity contribution in [3.05, 3.63) is 59.2 Å². The summed E-state index contributed by atoms with van der Waals surface area (Å²) < 4.78 is 0. The molecule has 0 atom stereocenters. The van der Waals surface area contributed by atoms with Gasteiger partial charge in [0.05, 0.1) is 11.3 Å². The molecule has 0 fully saturated rings. The van der Waals surface area contributed by atoms with Gasteiger partial charge >= 0.3 is 0 Å². The van der Waals surface area contributed by atoms with Gasteiger partial charge in [0.1, 0.15) is 0 Å². The van der Waals surface area contributed by atoms with Gasteiger partial charge in [-0.15, -0.1) is 5.43 Å². The van der Waals surface area contributed by atoms with E-state index in [1.165, 1.54) is 5.56 Å². The maximum atomic E-state index is 11.4. The Balaban J connectivity index is 1.97. The second kappa shape index (κ2) is 4.07. The van der Waals surface area contributed by atoms with E-state index in [1.807, 2.05) is 24.3 Å². The van der Waals surface area contributed by atoms with Crippen molar-refractivity contribution in [2.45, 2.75) is 6.42 Å². The number of carbonyl (C=O) groups is 1. The number of fused-ring (bicyclic) bond motifs is 1. The molecule has 2 aromatic rings. The third-order valence-electron chi connectivity index (χ3n) is 3.03. The van der Waals surface area contributed by atoms with Crippen molar-refractivity contribution in [2.75, 3.05) is 11.2 Å². The Morgan fingerprint density at radius 3 is 2.72 bits per heavy atom. The smallest absolute Gasteiger partial charge is 0.295 e. The third kappa shape index (κ3) is 1.78. The number of nitrogens with two attached hydrogens (primary N) is 1. The number of nitrogen functional groups attached to an aromatic ring is 1. The van der Waals surface area contributed by atoms with Gasteiger partial charge in [0.15, 0.2) is 0 Å². The minimum atomic E-state index is -0.261. The fraction of sp³-hybridized carbons (Fsp3) is 0.0714. The Morgan fingerprint density at radius 2 is 1.94 bits per heavy atom. The molecular weight excluding hydrogens is 226 g/mol. The first-order chi connectivity index (χ1) is 8.74. The highest BCUT2D eigenvalue weighted by Gasteiger charge is 2.22. The molecule has 1 aliphatic rings. The minimum Gasteiger partial charge on any atom is -0.398 e. The molecule has 0 aliphatic carbocycles. The van der Waals surface area contributed by atoms with Crippen molar-refractivity contribution in [2.24, 2.45) is 0 Å². The molecular formula is C14H12N3O. The maximum absolute atomic E-state index is 11.4. The van der Waals surface area contributed by atoms with E-state index in [0.29, 0.717) is 11.3 Å². The summed E-state index contributed by atoms with van der Waals surface area (Å²) in [4.78, 5) is 11.4. The SMILES string of the molecule is Nc1cc2c(cc1Cc1ccccc1)N[N]C2=O. The van der Waals surface area contributed by atoms with Gasteiger partial charge in [-0.1, -0.05) is 30.3 Å². The average molecular weight is 238 g/mol. The van der Waals surface area contributed by atoms with Gasteiger partial charge in [-0.3, -0.25) is 10.2 Å². The van der Waals surface area contributed by atoms with Gasteiger partial charge < -0.3 is 5.73 Å². The van der Waals surface area contributed by atoms with Crippen LogP contribution in [0, 0.1) is 0 Å². The summed E-state index contributed by atoms with van der Waals surface area (Å²) in [7, 11) is 0. The summed E-state index contributed by atoms with van der Waals surface area (Å²) in [5.41, 5.74) is 16.4. The second-order valence-corrected chi connectivity index (χ2v) is 4.29. The van der Waals surface area contributed by atoms with Crippen molar-refractivity contribution in [1.82, 2.24) is 5.43 Å². The first-order valence-corrected chi connectivity index (χ1v) is 5.71. The van der Waals surface area contributed by atoms with Gasteiger partial charge in [-0.25, -0.2) is 0 Å². The summed E-state index contributed by atoms with van der Waals surface area (Å²) in [6.45, 7) is 0. The van der Waals surface area contributed by atoms with Crippen molar-refractivity contribution in [3.8, 4) is 0 Å². The van der Waals surface area contributed by atoms with Gasteiger partial charge in [0.2, 0.25) is 0 Å². The monoisotopic (exact) mass is 238 g/mol. The first-order valence-electron chi connectivity index (χ1n) is 5.71. The molecule has 0 spiro atoms. The molecule has 0 unspecified atom stereocenters. The van der Waals surface area contributed by atoms with E-state index in [0.717, 1.165) is 17.7 Å². The predicted molar refractivity (Wildman–Crippen MR) is 70.2 cm³/mol. The molecule has 4 heteroatoms. The van der Waals surface area contributed by atoms with Crippen LogP contribution in [0.15, 0.2) is 42.5 Å². The van der Waals surface area contributed by atoms with Gasteiger partial charge in [0, 0.05) is 5.69 Å². The zero-order valence-electron chi connectivity index (χ0n) is 9.68. The van der Waals surface area contributed by atoms with Crippen molar-refractivity contribution >= 4 is 17.3 Å². The lowest BCUT2D eigenvalue weighted by atomic mass is 10.0. The van der Waals surface area contributed by atoms with Crippen LogP contribution in [0.25, 0.3) is 0 Å². The van der Waals surface area contributed by atoms with E-state index < -0.39 is 0 Å². The molecule has 0 saturated carbocycles. The Bertz CT molecular complexity index is 608. The van der Waals surface area contributed by atoms with Crippen molar-refractivity contribution in [1.29, 1.82) is 0 Å². The van der Waals surface area contributed by atoms with Crippen LogP contribution in [0.5, 0.6) is 0 Å². The molecule has 2 aromatic carbocycles. The van der Waals surface area contributed by atoms with E-state index >= 15 is 0 Å². The molecule has 3 N–H and O–H groups in total. The van der Waals surface area contributed by atoms with Crippen molar-refractivity contribution in [3.63, 3.8) is 0 Å². The lowest BCUT2D eigenvalue weighted by Crippen LogP contribution is -2.10. The molecule has 3 rings (SSSR count). The third-order valence-corrected chi connectivity index (χ3v) is 3.03. The highest BCUT2D eigenvalue weighted by atomic mass is 16.2. The van der Waals surface area contributed by atoms with Crippen LogP contribution in [-0.2, 0) is 6.42 Å². The average Bonchev–Trinajstić information content (AvgIpc) is 2.73. The normalized spacial score (nSPS) is 12.8. The second-order valence-electron chi connectivity index (χ2n) is 4.29. The van der Waals surface area contributed by atoms with E-state index in [-0.39, 0.29) is 5.91 Å². The Hall–Kier alpha value is -2.49. The summed E-state index contributed by atoms with van der Waals surface area (Å²) in [6.07, 6.45) is 0.746. The Labute approximate surface area is 105 Å². The van der Waals surface area contributed by atoms with Gasteiger partial charge in [0.25, 0.3) is 5.91 Å². The summed E-state index contributed by atoms with van der Waals surface area (Å²) in [5.74, 6) is -0.261. The standard InChI is InChI=1S/C14H12N3O/c15-12-8-11-13(16-17-14(11)18)7-10(12)6-9-4-2-1-3-5-9/h1-5,7-8,16H,6,15H2. The number of nitrogens with zero attached hydrogens (tertiary/aromatic N) is 1. The van der Waals surface area contributed by atoms with Crippen LogP contribution in [0.4, 0.5) is 11.4 Å². The molecule has 0 aromatic heterocycles. The van der Waals surface area contributed by atoms with E-state index in [1.54, 1.807) is 6.07 Å². The van der Waals surface area contributed by atoms with Gasteiger partial charge in [-0.05, 0) is 29.7 Å². The Morgan fingerprint density at radius 1 is 1.17 bits per heavy atom. The van der Waals surface area contributed by atoms with Crippen LogP contribution in [-0.4, -0.2) is 5.91 Å². The van der Waals surface area contributed by atoms with Crippen LogP contribution in [0.3, 0.4) is 0 Å². The predicted octanol–water partition coefficient (Wildman–Crippen LogP) is 1.94. The molecule has 1 amide bonds. The van der Waals surface area contributed by atoms with Crippen LogP contribution >= 0.6 is 0 Å². The van der Waals surface area contributed by atoms with Crippen LogP contribution in [0.2, 0.25) is 0 Å². The summed E-state index contributed by atoms with van der Waals surface area (Å²) in [6, 6.07) is 13.7. The number of amides is 1. The highest BCUT2D eigenvalue weighted by Crippen LogP contribution is 2.28. The van der Waals surface area contributed by atoms with Crippen molar-refractivity contribution < 1.29 is 4.79 Å². The molecule has 0 bridgehead atoms. The molecule has 4 nitrogen and oxygen atoms in total. The topological polar surface area (TPSA) is 69.2 Å².